The van der Waals surface area contributed by atoms with E-state index in [9.17, 15) is 0 Å². The zero-order valence-corrected chi connectivity index (χ0v) is 13.3. The molecule has 2 heteroatoms. The molecule has 0 radical (unpaired) electrons. The SMILES string of the molecule is C[CH2][In]([CH2]C=CN(C)C)[c]1ccccc1. The first kappa shape index (κ1) is 12.7. The van der Waals surface area contributed by atoms with E-state index in [-0.39, 0.29) is 0 Å². The van der Waals surface area contributed by atoms with Gasteiger partial charge < -0.3 is 0 Å². The number of hydrogen-bond donors (Lipinski definition) is 0. The van der Waals surface area contributed by atoms with Crippen molar-refractivity contribution in [2.75, 3.05) is 14.1 Å². The van der Waals surface area contributed by atoms with Crippen molar-refractivity contribution in [1.82, 2.24) is 4.90 Å². The van der Waals surface area contributed by atoms with Crippen LogP contribution in [0.1, 0.15) is 6.92 Å². The third-order valence-corrected chi connectivity index (χ3v) is 11.6. The predicted octanol–water partition coefficient (Wildman–Crippen LogP) is 2.48. The summed E-state index contributed by atoms with van der Waals surface area (Å²) < 4.78 is 4.40. The first-order valence-electron chi connectivity index (χ1n) is 5.62. The summed E-state index contributed by atoms with van der Waals surface area (Å²) >= 11 is -1.46. The van der Waals surface area contributed by atoms with Gasteiger partial charge in [-0.2, -0.15) is 0 Å². The molecule has 0 unspecified atom stereocenters. The maximum atomic E-state index is 2.34. The van der Waals surface area contributed by atoms with E-state index in [4.69, 9.17) is 0 Å². The van der Waals surface area contributed by atoms with Crippen LogP contribution in [-0.2, 0) is 0 Å². The molecule has 0 saturated heterocycles. The molecule has 0 aliphatic carbocycles. The van der Waals surface area contributed by atoms with E-state index in [1.54, 1.807) is 3.32 Å². The molecule has 0 heterocycles. The molecule has 0 aliphatic heterocycles. The Kier molecular flexibility index (Phi) is 5.92. The Balaban J connectivity index is 2.57. The first-order chi connectivity index (χ1) is 7.24. The van der Waals surface area contributed by atoms with E-state index in [1.807, 2.05) is 0 Å². The second-order valence-electron chi connectivity index (χ2n) is 4.10. The van der Waals surface area contributed by atoms with Crippen molar-refractivity contribution in [2.24, 2.45) is 0 Å². The molecule has 1 nitrogen and oxygen atoms in total. The molecule has 0 saturated carbocycles. The third-order valence-electron chi connectivity index (χ3n) is 2.59. The third kappa shape index (κ3) is 4.78. The van der Waals surface area contributed by atoms with Crippen molar-refractivity contribution in [1.29, 1.82) is 0 Å². The maximum absolute atomic E-state index is 2.34. The van der Waals surface area contributed by atoms with E-state index in [0.29, 0.717) is 0 Å². The predicted molar refractivity (Wildman–Crippen MR) is 69.9 cm³/mol. The van der Waals surface area contributed by atoms with Gasteiger partial charge >= 0.3 is 102 Å². The molecule has 0 spiro atoms. The number of allylic oxidation sites excluding steroid dienone is 1. The van der Waals surface area contributed by atoms with Crippen LogP contribution in [0.5, 0.6) is 0 Å². The fraction of sp³-hybridized carbons (Fsp3) is 0.385. The van der Waals surface area contributed by atoms with Gasteiger partial charge in [-0.15, -0.1) is 0 Å². The monoisotopic (exact) mass is 305 g/mol. The van der Waals surface area contributed by atoms with Crippen LogP contribution >= 0.6 is 0 Å². The fourth-order valence-corrected chi connectivity index (χ4v) is 8.25. The average Bonchev–Trinajstić information content (AvgIpc) is 2.25. The molecule has 0 bridgehead atoms. The Morgan fingerprint density at radius 3 is 2.40 bits per heavy atom. The summed E-state index contributed by atoms with van der Waals surface area (Å²) in [5.74, 6) is 0. The zero-order valence-electron chi connectivity index (χ0n) is 9.98. The molecule has 0 amide bonds. The van der Waals surface area contributed by atoms with Crippen molar-refractivity contribution < 1.29 is 0 Å². The van der Waals surface area contributed by atoms with Crippen molar-refractivity contribution in [3.05, 3.63) is 42.6 Å². The fourth-order valence-electron chi connectivity index (χ4n) is 1.70. The summed E-state index contributed by atoms with van der Waals surface area (Å²) in [5.41, 5.74) is 0. The van der Waals surface area contributed by atoms with E-state index >= 15 is 0 Å². The molecular formula is C13H20InN. The molecule has 0 N–H and O–H groups in total. The van der Waals surface area contributed by atoms with Gasteiger partial charge in [0, 0.05) is 0 Å². The van der Waals surface area contributed by atoms with Crippen LogP contribution in [0.2, 0.25) is 8.35 Å². The Morgan fingerprint density at radius 1 is 1.20 bits per heavy atom. The molecular weight excluding hydrogens is 285 g/mol. The summed E-state index contributed by atoms with van der Waals surface area (Å²) in [5, 5.41) is 0. The standard InChI is InChI=1S/C6H5.C5H10N.C2H5.In/c1-2-4-6-5-3-1;1-4-5-6(2)3;1-2;/h1-5H;4-5H,1H2,2-3H3;1H2,2H3;. The second kappa shape index (κ2) is 7.00. The Morgan fingerprint density at radius 2 is 1.87 bits per heavy atom. The molecule has 0 aromatic heterocycles. The van der Waals surface area contributed by atoms with Gasteiger partial charge in [-0.1, -0.05) is 0 Å². The van der Waals surface area contributed by atoms with Crippen LogP contribution in [0.4, 0.5) is 0 Å². The van der Waals surface area contributed by atoms with Crippen LogP contribution in [0.25, 0.3) is 0 Å². The number of nitrogens with zero attached hydrogens (tertiary/aromatic N) is 1. The second-order valence-corrected chi connectivity index (χ2v) is 13.7. The summed E-state index contributed by atoms with van der Waals surface area (Å²) in [6, 6.07) is 11.1. The van der Waals surface area contributed by atoms with Crippen LogP contribution in [-0.4, -0.2) is 40.4 Å². The normalized spacial score (nSPS) is 10.6. The quantitative estimate of drug-likeness (QED) is 0.808. The van der Waals surface area contributed by atoms with E-state index in [2.05, 4.69) is 68.5 Å². The summed E-state index contributed by atoms with van der Waals surface area (Å²) in [7, 11) is 4.16. The van der Waals surface area contributed by atoms with Crippen molar-refractivity contribution in [3.63, 3.8) is 0 Å². The van der Waals surface area contributed by atoms with Crippen LogP contribution in [0.3, 0.4) is 0 Å². The van der Waals surface area contributed by atoms with Gasteiger partial charge in [-0.05, 0) is 0 Å². The van der Waals surface area contributed by atoms with Gasteiger partial charge in [0.05, 0.1) is 0 Å². The van der Waals surface area contributed by atoms with E-state index in [1.165, 1.54) is 8.35 Å². The summed E-state index contributed by atoms with van der Waals surface area (Å²) in [6.45, 7) is 2.34. The molecule has 0 aliphatic rings. The number of benzene rings is 1. The van der Waals surface area contributed by atoms with Gasteiger partial charge in [0.1, 0.15) is 0 Å². The van der Waals surface area contributed by atoms with Crippen molar-refractivity contribution >= 4 is 24.8 Å². The first-order valence-corrected chi connectivity index (χ1v) is 11.9. The molecule has 0 fully saturated rings. The minimum atomic E-state index is -1.46. The Labute approximate surface area is 101 Å². The number of hydrogen-bond acceptors (Lipinski definition) is 1. The number of rotatable bonds is 5. The molecule has 0 atom stereocenters. The summed E-state index contributed by atoms with van der Waals surface area (Å²) in [6.07, 6.45) is 4.53. The van der Waals surface area contributed by atoms with Crippen LogP contribution < -0.4 is 3.32 Å². The Bertz CT molecular complexity index is 293. The average molecular weight is 305 g/mol. The van der Waals surface area contributed by atoms with Crippen molar-refractivity contribution in [2.45, 2.75) is 15.3 Å². The van der Waals surface area contributed by atoms with E-state index in [0.717, 1.165) is 0 Å². The van der Waals surface area contributed by atoms with Crippen LogP contribution in [0, 0.1) is 0 Å². The Hall–Kier alpha value is -0.370. The van der Waals surface area contributed by atoms with Gasteiger partial charge in [-0.25, -0.2) is 0 Å². The molecule has 1 aromatic carbocycles. The van der Waals surface area contributed by atoms with Crippen molar-refractivity contribution in [3.8, 4) is 0 Å². The minimum absolute atomic E-state index is 1.33. The molecule has 15 heavy (non-hydrogen) atoms. The molecule has 80 valence electrons. The van der Waals surface area contributed by atoms with Crippen LogP contribution in [0.15, 0.2) is 42.6 Å². The topological polar surface area (TPSA) is 3.24 Å². The van der Waals surface area contributed by atoms with Gasteiger partial charge in [0.15, 0.2) is 0 Å². The zero-order chi connectivity index (χ0) is 11.1. The molecule has 1 aromatic rings. The molecule has 1 rings (SSSR count). The summed E-state index contributed by atoms with van der Waals surface area (Å²) in [4.78, 5) is 2.11. The van der Waals surface area contributed by atoms with Gasteiger partial charge in [0.25, 0.3) is 0 Å². The van der Waals surface area contributed by atoms with Gasteiger partial charge in [0.2, 0.25) is 0 Å². The van der Waals surface area contributed by atoms with E-state index < -0.39 is 21.4 Å². The van der Waals surface area contributed by atoms with Gasteiger partial charge in [-0.3, -0.25) is 0 Å².